The molecule has 21 heavy (non-hydrogen) atoms. The second-order valence-electron chi connectivity index (χ2n) is 6.10. The van der Waals surface area contributed by atoms with Crippen molar-refractivity contribution in [3.63, 3.8) is 0 Å². The van der Waals surface area contributed by atoms with Gasteiger partial charge in [-0.25, -0.2) is 4.39 Å². The van der Waals surface area contributed by atoms with E-state index in [-0.39, 0.29) is 5.82 Å². The quantitative estimate of drug-likeness (QED) is 0.783. The SMILES string of the molecule is Cc1ccc(CN2CCCC2c2ccc(F)cc2)cc1C. The number of hydrogen-bond donors (Lipinski definition) is 0. The zero-order valence-corrected chi connectivity index (χ0v) is 12.8. The predicted octanol–water partition coefficient (Wildman–Crippen LogP) is 4.78. The molecule has 2 heteroatoms. The van der Waals surface area contributed by atoms with Crippen LogP contribution in [0.2, 0.25) is 0 Å². The number of likely N-dealkylation sites (tertiary alicyclic amines) is 1. The molecule has 0 aromatic heterocycles. The van der Waals surface area contributed by atoms with Crippen molar-refractivity contribution in [2.75, 3.05) is 6.54 Å². The topological polar surface area (TPSA) is 3.24 Å². The van der Waals surface area contributed by atoms with Gasteiger partial charge in [0.25, 0.3) is 0 Å². The molecule has 1 saturated heterocycles. The van der Waals surface area contributed by atoms with Gasteiger partial charge in [0.15, 0.2) is 0 Å². The molecule has 2 aromatic carbocycles. The second-order valence-corrected chi connectivity index (χ2v) is 6.10. The first-order valence-electron chi connectivity index (χ1n) is 7.69. The summed E-state index contributed by atoms with van der Waals surface area (Å²) in [6.45, 7) is 6.41. The van der Waals surface area contributed by atoms with E-state index in [1.807, 2.05) is 12.1 Å². The van der Waals surface area contributed by atoms with Gasteiger partial charge < -0.3 is 0 Å². The Hall–Kier alpha value is -1.67. The van der Waals surface area contributed by atoms with E-state index in [1.54, 1.807) is 12.1 Å². The van der Waals surface area contributed by atoms with Crippen molar-refractivity contribution in [1.29, 1.82) is 0 Å². The summed E-state index contributed by atoms with van der Waals surface area (Å²) >= 11 is 0. The van der Waals surface area contributed by atoms with E-state index in [2.05, 4.69) is 36.9 Å². The summed E-state index contributed by atoms with van der Waals surface area (Å²) in [5.41, 5.74) is 5.30. The van der Waals surface area contributed by atoms with Crippen molar-refractivity contribution in [2.45, 2.75) is 39.3 Å². The van der Waals surface area contributed by atoms with Crippen molar-refractivity contribution in [1.82, 2.24) is 4.90 Å². The fourth-order valence-corrected chi connectivity index (χ4v) is 3.21. The summed E-state index contributed by atoms with van der Waals surface area (Å²) in [7, 11) is 0. The number of benzene rings is 2. The Morgan fingerprint density at radius 1 is 1.05 bits per heavy atom. The summed E-state index contributed by atoms with van der Waals surface area (Å²) in [6.07, 6.45) is 2.38. The zero-order chi connectivity index (χ0) is 14.8. The molecule has 1 fully saturated rings. The van der Waals surface area contributed by atoms with Gasteiger partial charge in [-0.2, -0.15) is 0 Å². The third-order valence-electron chi connectivity index (χ3n) is 4.58. The van der Waals surface area contributed by atoms with Gasteiger partial charge in [0.1, 0.15) is 5.82 Å². The van der Waals surface area contributed by atoms with Gasteiger partial charge >= 0.3 is 0 Å². The maximum absolute atomic E-state index is 13.1. The van der Waals surface area contributed by atoms with E-state index in [9.17, 15) is 4.39 Å². The Labute approximate surface area is 126 Å². The molecule has 1 unspecified atom stereocenters. The molecule has 1 aliphatic heterocycles. The molecule has 1 heterocycles. The fourth-order valence-electron chi connectivity index (χ4n) is 3.21. The molecule has 3 rings (SSSR count). The normalized spacial score (nSPS) is 19.1. The molecule has 110 valence electrons. The van der Waals surface area contributed by atoms with Gasteiger partial charge in [0.2, 0.25) is 0 Å². The molecule has 2 aromatic rings. The van der Waals surface area contributed by atoms with E-state index in [0.29, 0.717) is 6.04 Å². The Kier molecular flexibility index (Phi) is 4.07. The zero-order valence-electron chi connectivity index (χ0n) is 12.8. The van der Waals surface area contributed by atoms with Gasteiger partial charge in [-0.15, -0.1) is 0 Å². The van der Waals surface area contributed by atoms with Crippen LogP contribution >= 0.6 is 0 Å². The van der Waals surface area contributed by atoms with Crippen molar-refractivity contribution in [3.8, 4) is 0 Å². The molecule has 0 bridgehead atoms. The van der Waals surface area contributed by atoms with Crippen molar-refractivity contribution in [2.24, 2.45) is 0 Å². The van der Waals surface area contributed by atoms with Crippen LogP contribution in [0.25, 0.3) is 0 Å². The highest BCUT2D eigenvalue weighted by molar-refractivity contribution is 5.30. The van der Waals surface area contributed by atoms with Crippen LogP contribution in [0, 0.1) is 19.7 Å². The second kappa shape index (κ2) is 5.98. The smallest absolute Gasteiger partial charge is 0.123 e. The maximum atomic E-state index is 13.1. The lowest BCUT2D eigenvalue weighted by Crippen LogP contribution is -2.22. The highest BCUT2D eigenvalue weighted by atomic mass is 19.1. The number of halogens is 1. The summed E-state index contributed by atoms with van der Waals surface area (Å²) in [5.74, 6) is -0.155. The average molecular weight is 283 g/mol. The van der Waals surface area contributed by atoms with Crippen LogP contribution in [0.5, 0.6) is 0 Å². The van der Waals surface area contributed by atoms with Crippen LogP contribution in [0.4, 0.5) is 4.39 Å². The minimum Gasteiger partial charge on any atom is -0.292 e. The predicted molar refractivity (Wildman–Crippen MR) is 84.7 cm³/mol. The molecule has 1 nitrogen and oxygen atoms in total. The van der Waals surface area contributed by atoms with Crippen molar-refractivity contribution < 1.29 is 4.39 Å². The number of nitrogens with zero attached hydrogens (tertiary/aromatic N) is 1. The molecule has 0 saturated carbocycles. The maximum Gasteiger partial charge on any atom is 0.123 e. The standard InChI is InChI=1S/C19H22FN/c1-14-5-6-16(12-15(14)2)13-21-11-3-4-19(21)17-7-9-18(20)10-8-17/h5-10,12,19H,3-4,11,13H2,1-2H3. The average Bonchev–Trinajstić information content (AvgIpc) is 2.92. The van der Waals surface area contributed by atoms with Gasteiger partial charge in [-0.1, -0.05) is 30.3 Å². The highest BCUT2D eigenvalue weighted by Gasteiger charge is 2.25. The van der Waals surface area contributed by atoms with E-state index in [1.165, 1.54) is 28.7 Å². The Bertz CT molecular complexity index is 618. The van der Waals surface area contributed by atoms with Crippen LogP contribution in [-0.2, 0) is 6.54 Å². The molecule has 0 aliphatic carbocycles. The number of aryl methyl sites for hydroxylation is 2. The van der Waals surface area contributed by atoms with E-state index < -0.39 is 0 Å². The Morgan fingerprint density at radius 2 is 1.81 bits per heavy atom. The summed E-state index contributed by atoms with van der Waals surface area (Å²) in [5, 5.41) is 0. The lowest BCUT2D eigenvalue weighted by atomic mass is 10.0. The lowest BCUT2D eigenvalue weighted by molar-refractivity contribution is 0.248. The summed E-state index contributed by atoms with van der Waals surface area (Å²) in [6, 6.07) is 14.1. The highest BCUT2D eigenvalue weighted by Crippen LogP contribution is 2.33. The first kappa shape index (κ1) is 14.3. The van der Waals surface area contributed by atoms with Crippen molar-refractivity contribution in [3.05, 3.63) is 70.5 Å². The van der Waals surface area contributed by atoms with Crippen LogP contribution < -0.4 is 0 Å². The van der Waals surface area contributed by atoms with E-state index in [4.69, 9.17) is 0 Å². The summed E-state index contributed by atoms with van der Waals surface area (Å²) in [4.78, 5) is 2.51. The number of hydrogen-bond acceptors (Lipinski definition) is 1. The molecule has 0 N–H and O–H groups in total. The largest absolute Gasteiger partial charge is 0.292 e. The fraction of sp³-hybridized carbons (Fsp3) is 0.368. The van der Waals surface area contributed by atoms with Gasteiger partial charge in [-0.3, -0.25) is 4.90 Å². The third kappa shape index (κ3) is 3.16. The van der Waals surface area contributed by atoms with E-state index in [0.717, 1.165) is 19.5 Å². The van der Waals surface area contributed by atoms with Crippen LogP contribution in [0.15, 0.2) is 42.5 Å². The van der Waals surface area contributed by atoms with E-state index >= 15 is 0 Å². The Morgan fingerprint density at radius 3 is 2.52 bits per heavy atom. The Balaban J connectivity index is 1.77. The molecular formula is C19H22FN. The van der Waals surface area contributed by atoms with Crippen LogP contribution in [-0.4, -0.2) is 11.4 Å². The molecule has 0 amide bonds. The van der Waals surface area contributed by atoms with Crippen LogP contribution in [0.1, 0.15) is 41.1 Å². The molecular weight excluding hydrogens is 261 g/mol. The first-order valence-corrected chi connectivity index (χ1v) is 7.69. The minimum absolute atomic E-state index is 0.155. The van der Waals surface area contributed by atoms with Gasteiger partial charge in [-0.05, 0) is 67.6 Å². The van der Waals surface area contributed by atoms with Gasteiger partial charge in [0.05, 0.1) is 0 Å². The monoisotopic (exact) mass is 283 g/mol. The lowest BCUT2D eigenvalue weighted by Gasteiger charge is -2.25. The third-order valence-corrected chi connectivity index (χ3v) is 4.58. The minimum atomic E-state index is -0.155. The first-order chi connectivity index (χ1) is 10.1. The van der Waals surface area contributed by atoms with Crippen molar-refractivity contribution >= 4 is 0 Å². The number of rotatable bonds is 3. The van der Waals surface area contributed by atoms with Gasteiger partial charge in [0, 0.05) is 12.6 Å². The van der Waals surface area contributed by atoms with Crippen LogP contribution in [0.3, 0.4) is 0 Å². The molecule has 0 spiro atoms. The molecule has 0 radical (unpaired) electrons. The summed E-state index contributed by atoms with van der Waals surface area (Å²) < 4.78 is 13.1. The molecule has 1 aliphatic rings. The molecule has 1 atom stereocenters.